The average molecular weight is 299 g/mol. The minimum Gasteiger partial charge on any atom is -0.324 e. The van der Waals surface area contributed by atoms with Crippen LogP contribution in [0.25, 0.3) is 0 Å². The van der Waals surface area contributed by atoms with Crippen molar-refractivity contribution in [3.05, 3.63) is 0 Å². The number of hydrogen-bond acceptors (Lipinski definition) is 0. The van der Waals surface area contributed by atoms with E-state index in [-0.39, 0.29) is 0 Å². The van der Waals surface area contributed by atoms with Gasteiger partial charge >= 0.3 is 0 Å². The summed E-state index contributed by atoms with van der Waals surface area (Å²) in [4.78, 5) is 0. The van der Waals surface area contributed by atoms with Crippen molar-refractivity contribution < 1.29 is 4.48 Å². The van der Waals surface area contributed by atoms with E-state index in [2.05, 4.69) is 55.4 Å². The SMILES string of the molecule is CC(C)CC[N+](CCC(C)C)(CCC(C)C)CCC(C)C. The fourth-order valence-electron chi connectivity index (χ4n) is 2.80. The molecule has 0 bridgehead atoms. The molecule has 0 aromatic rings. The van der Waals surface area contributed by atoms with Gasteiger partial charge in [-0.05, 0) is 49.4 Å². The van der Waals surface area contributed by atoms with Crippen LogP contribution in [0.2, 0.25) is 0 Å². The fraction of sp³-hybridized carbons (Fsp3) is 1.00. The third-order valence-electron chi connectivity index (χ3n) is 4.72. The Hall–Kier alpha value is -0.0400. The van der Waals surface area contributed by atoms with Gasteiger partial charge in [0.15, 0.2) is 0 Å². The van der Waals surface area contributed by atoms with Crippen LogP contribution in [0, 0.1) is 23.7 Å². The van der Waals surface area contributed by atoms with E-state index in [0.29, 0.717) is 0 Å². The summed E-state index contributed by atoms with van der Waals surface area (Å²) in [5, 5.41) is 0. The summed E-state index contributed by atoms with van der Waals surface area (Å²) in [6, 6.07) is 0. The van der Waals surface area contributed by atoms with Gasteiger partial charge in [0.05, 0.1) is 26.2 Å². The molecule has 1 nitrogen and oxygen atoms in total. The van der Waals surface area contributed by atoms with E-state index in [4.69, 9.17) is 0 Å². The molecule has 0 radical (unpaired) electrons. The zero-order chi connectivity index (χ0) is 16.5. The van der Waals surface area contributed by atoms with E-state index in [1.165, 1.54) is 56.3 Å². The summed E-state index contributed by atoms with van der Waals surface area (Å²) < 4.78 is 1.38. The molecular weight excluding hydrogens is 254 g/mol. The highest BCUT2D eigenvalue weighted by Gasteiger charge is 2.27. The van der Waals surface area contributed by atoms with Gasteiger partial charge in [-0.15, -0.1) is 0 Å². The van der Waals surface area contributed by atoms with Crippen molar-refractivity contribution in [2.24, 2.45) is 23.7 Å². The summed E-state index contributed by atoms with van der Waals surface area (Å²) in [5.74, 6) is 3.33. The first-order valence-electron chi connectivity index (χ1n) is 9.52. The van der Waals surface area contributed by atoms with Gasteiger partial charge in [-0.1, -0.05) is 55.4 Å². The smallest absolute Gasteiger partial charge is 0.0789 e. The molecule has 0 saturated carbocycles. The Balaban J connectivity index is 4.85. The lowest BCUT2D eigenvalue weighted by Gasteiger charge is -2.41. The Kier molecular flexibility index (Phi) is 10.6. The van der Waals surface area contributed by atoms with Crippen molar-refractivity contribution in [2.45, 2.75) is 81.1 Å². The molecule has 0 aliphatic carbocycles. The lowest BCUT2D eigenvalue weighted by molar-refractivity contribution is -0.930. The largest absolute Gasteiger partial charge is 0.324 e. The first-order chi connectivity index (χ1) is 9.67. The van der Waals surface area contributed by atoms with Crippen LogP contribution in [-0.2, 0) is 0 Å². The van der Waals surface area contributed by atoms with Crippen LogP contribution in [0.3, 0.4) is 0 Å². The molecule has 0 saturated heterocycles. The highest BCUT2D eigenvalue weighted by Crippen LogP contribution is 2.21. The van der Waals surface area contributed by atoms with Crippen molar-refractivity contribution in [3.8, 4) is 0 Å². The van der Waals surface area contributed by atoms with E-state index < -0.39 is 0 Å². The minimum atomic E-state index is 0.833. The van der Waals surface area contributed by atoms with Crippen LogP contribution in [0.4, 0.5) is 0 Å². The molecule has 0 atom stereocenters. The monoisotopic (exact) mass is 298 g/mol. The molecular formula is C20H44N+. The normalized spacial score (nSPS) is 13.1. The summed E-state index contributed by atoms with van der Waals surface area (Å²) in [5.41, 5.74) is 0. The summed E-state index contributed by atoms with van der Waals surface area (Å²) >= 11 is 0. The van der Waals surface area contributed by atoms with Gasteiger partial charge in [-0.3, -0.25) is 0 Å². The predicted octanol–water partition coefficient (Wildman–Crippen LogP) is 5.99. The maximum atomic E-state index is 2.38. The summed E-state index contributed by atoms with van der Waals surface area (Å²) in [6.45, 7) is 24.6. The van der Waals surface area contributed by atoms with E-state index in [9.17, 15) is 0 Å². The molecule has 0 N–H and O–H groups in total. The second-order valence-corrected chi connectivity index (χ2v) is 8.97. The van der Waals surface area contributed by atoms with Crippen molar-refractivity contribution in [1.82, 2.24) is 0 Å². The topological polar surface area (TPSA) is 0 Å². The molecule has 0 spiro atoms. The van der Waals surface area contributed by atoms with Crippen molar-refractivity contribution in [1.29, 1.82) is 0 Å². The Labute approximate surface area is 136 Å². The lowest BCUT2D eigenvalue weighted by Crippen LogP contribution is -2.52. The third kappa shape index (κ3) is 11.2. The molecule has 0 aromatic carbocycles. The van der Waals surface area contributed by atoms with Crippen molar-refractivity contribution >= 4 is 0 Å². The number of quaternary nitrogens is 1. The molecule has 21 heavy (non-hydrogen) atoms. The predicted molar refractivity (Wildman–Crippen MR) is 97.5 cm³/mol. The molecule has 0 aromatic heterocycles. The molecule has 1 heteroatoms. The van der Waals surface area contributed by atoms with E-state index >= 15 is 0 Å². The highest BCUT2D eigenvalue weighted by molar-refractivity contribution is 4.56. The van der Waals surface area contributed by atoms with Gasteiger partial charge in [0.25, 0.3) is 0 Å². The van der Waals surface area contributed by atoms with Crippen molar-refractivity contribution in [2.75, 3.05) is 26.2 Å². The van der Waals surface area contributed by atoms with E-state index in [1.807, 2.05) is 0 Å². The minimum absolute atomic E-state index is 0.833. The summed E-state index contributed by atoms with van der Waals surface area (Å²) in [7, 11) is 0. The first kappa shape index (κ1) is 21.0. The molecule has 128 valence electrons. The van der Waals surface area contributed by atoms with Gasteiger partial charge in [-0.2, -0.15) is 0 Å². The van der Waals surface area contributed by atoms with E-state index in [0.717, 1.165) is 23.7 Å². The van der Waals surface area contributed by atoms with E-state index in [1.54, 1.807) is 0 Å². The molecule has 0 aliphatic heterocycles. The van der Waals surface area contributed by atoms with Gasteiger partial charge < -0.3 is 4.48 Å². The molecule has 0 fully saturated rings. The number of rotatable bonds is 12. The third-order valence-corrected chi connectivity index (χ3v) is 4.72. The summed E-state index contributed by atoms with van der Waals surface area (Å²) in [6.07, 6.45) is 5.53. The molecule has 0 aliphatic rings. The van der Waals surface area contributed by atoms with Crippen LogP contribution >= 0.6 is 0 Å². The Morgan fingerprint density at radius 1 is 0.429 bits per heavy atom. The molecule has 0 amide bonds. The van der Waals surface area contributed by atoms with Crippen molar-refractivity contribution in [3.63, 3.8) is 0 Å². The Morgan fingerprint density at radius 2 is 0.619 bits per heavy atom. The number of nitrogens with zero attached hydrogens (tertiary/aromatic N) is 1. The molecule has 0 unspecified atom stereocenters. The van der Waals surface area contributed by atoms with Gasteiger partial charge in [0.2, 0.25) is 0 Å². The van der Waals surface area contributed by atoms with Gasteiger partial charge in [0, 0.05) is 0 Å². The maximum absolute atomic E-state index is 2.38. The zero-order valence-electron chi connectivity index (χ0n) is 16.4. The lowest BCUT2D eigenvalue weighted by atomic mass is 10.0. The van der Waals surface area contributed by atoms with Crippen LogP contribution in [0.5, 0.6) is 0 Å². The standard InChI is InChI=1S/C20H44N/c1-17(2)9-13-21(14-10-18(3)4,15-11-19(5)6)16-12-20(7)8/h17-20H,9-16H2,1-8H3/q+1. The number of hydrogen-bond donors (Lipinski definition) is 0. The molecule has 0 heterocycles. The second kappa shape index (κ2) is 10.6. The maximum Gasteiger partial charge on any atom is 0.0789 e. The quantitative estimate of drug-likeness (QED) is 0.388. The van der Waals surface area contributed by atoms with Crippen LogP contribution in [0.1, 0.15) is 81.1 Å². The molecule has 0 rings (SSSR count). The average Bonchev–Trinajstić information content (AvgIpc) is 2.36. The van der Waals surface area contributed by atoms with Crippen LogP contribution in [0.15, 0.2) is 0 Å². The Morgan fingerprint density at radius 3 is 0.762 bits per heavy atom. The van der Waals surface area contributed by atoms with Gasteiger partial charge in [-0.25, -0.2) is 0 Å². The highest BCUT2D eigenvalue weighted by atomic mass is 15.3. The second-order valence-electron chi connectivity index (χ2n) is 8.97. The zero-order valence-corrected chi connectivity index (χ0v) is 16.4. The Bertz CT molecular complexity index is 187. The van der Waals surface area contributed by atoms with Gasteiger partial charge in [0.1, 0.15) is 0 Å². The fourth-order valence-corrected chi connectivity index (χ4v) is 2.80. The first-order valence-corrected chi connectivity index (χ1v) is 9.52. The van der Waals surface area contributed by atoms with Crippen LogP contribution < -0.4 is 0 Å². The van der Waals surface area contributed by atoms with Crippen LogP contribution in [-0.4, -0.2) is 30.7 Å².